The van der Waals surface area contributed by atoms with Crippen LogP contribution in [-0.2, 0) is 16.1 Å². The first-order valence-electron chi connectivity index (χ1n) is 5.28. The van der Waals surface area contributed by atoms with Gasteiger partial charge in [-0.2, -0.15) is 4.98 Å². The number of methoxy groups -OCH3 is 1. The number of carbonyl (C=O) groups is 1. The SMILES string of the molecule is COC(=O)C1CCN(Cc2noc(C)n2)C1. The van der Waals surface area contributed by atoms with Crippen LogP contribution in [0.4, 0.5) is 0 Å². The highest BCUT2D eigenvalue weighted by Crippen LogP contribution is 2.18. The lowest BCUT2D eigenvalue weighted by Crippen LogP contribution is -2.24. The van der Waals surface area contributed by atoms with Crippen LogP contribution in [0.15, 0.2) is 4.52 Å². The topological polar surface area (TPSA) is 68.5 Å². The summed E-state index contributed by atoms with van der Waals surface area (Å²) in [7, 11) is 1.42. The second-order valence-electron chi connectivity index (χ2n) is 3.97. The van der Waals surface area contributed by atoms with Gasteiger partial charge in [0.25, 0.3) is 0 Å². The van der Waals surface area contributed by atoms with E-state index >= 15 is 0 Å². The van der Waals surface area contributed by atoms with Crippen LogP contribution < -0.4 is 0 Å². The second-order valence-corrected chi connectivity index (χ2v) is 3.97. The van der Waals surface area contributed by atoms with Gasteiger partial charge in [0.15, 0.2) is 5.82 Å². The maximum Gasteiger partial charge on any atom is 0.310 e. The van der Waals surface area contributed by atoms with E-state index in [1.807, 2.05) is 0 Å². The molecule has 2 heterocycles. The number of likely N-dealkylation sites (tertiary alicyclic amines) is 1. The lowest BCUT2D eigenvalue weighted by Gasteiger charge is -2.12. The Balaban J connectivity index is 1.87. The van der Waals surface area contributed by atoms with E-state index in [0.717, 1.165) is 13.0 Å². The Morgan fingerprint density at radius 1 is 1.69 bits per heavy atom. The number of rotatable bonds is 3. The fraction of sp³-hybridized carbons (Fsp3) is 0.700. The van der Waals surface area contributed by atoms with Crippen molar-refractivity contribution in [3.8, 4) is 0 Å². The number of ether oxygens (including phenoxy) is 1. The number of nitrogens with zero attached hydrogens (tertiary/aromatic N) is 3. The third-order valence-electron chi connectivity index (χ3n) is 2.74. The number of esters is 1. The normalized spacial score (nSPS) is 21.2. The lowest BCUT2D eigenvalue weighted by molar-refractivity contribution is -0.144. The molecule has 2 rings (SSSR count). The Kier molecular flexibility index (Phi) is 3.19. The van der Waals surface area contributed by atoms with Gasteiger partial charge in [-0.15, -0.1) is 0 Å². The summed E-state index contributed by atoms with van der Waals surface area (Å²) in [4.78, 5) is 17.6. The molecular weight excluding hydrogens is 210 g/mol. The van der Waals surface area contributed by atoms with Gasteiger partial charge in [0.05, 0.1) is 19.6 Å². The summed E-state index contributed by atoms with van der Waals surface area (Å²) < 4.78 is 9.61. The molecule has 6 nitrogen and oxygen atoms in total. The molecule has 1 unspecified atom stereocenters. The van der Waals surface area contributed by atoms with Gasteiger partial charge in [-0.3, -0.25) is 9.69 Å². The first-order chi connectivity index (χ1) is 7.69. The van der Waals surface area contributed by atoms with E-state index < -0.39 is 0 Å². The van der Waals surface area contributed by atoms with Crippen molar-refractivity contribution in [2.45, 2.75) is 19.9 Å². The van der Waals surface area contributed by atoms with Crippen LogP contribution in [0.1, 0.15) is 18.1 Å². The average molecular weight is 225 g/mol. The molecule has 16 heavy (non-hydrogen) atoms. The van der Waals surface area contributed by atoms with Crippen molar-refractivity contribution in [2.75, 3.05) is 20.2 Å². The van der Waals surface area contributed by atoms with Gasteiger partial charge in [0.1, 0.15) is 0 Å². The molecule has 1 fully saturated rings. The van der Waals surface area contributed by atoms with Crippen molar-refractivity contribution < 1.29 is 14.1 Å². The molecule has 0 N–H and O–H groups in total. The van der Waals surface area contributed by atoms with E-state index in [-0.39, 0.29) is 11.9 Å². The zero-order valence-electron chi connectivity index (χ0n) is 9.47. The fourth-order valence-corrected chi connectivity index (χ4v) is 1.94. The Morgan fingerprint density at radius 3 is 3.12 bits per heavy atom. The molecule has 88 valence electrons. The van der Waals surface area contributed by atoms with Crippen molar-refractivity contribution >= 4 is 5.97 Å². The molecule has 6 heteroatoms. The predicted octanol–water partition coefficient (Wildman–Crippen LogP) is 0.373. The van der Waals surface area contributed by atoms with E-state index in [1.54, 1.807) is 6.92 Å². The molecule has 1 aromatic rings. The highest BCUT2D eigenvalue weighted by molar-refractivity contribution is 5.72. The Bertz CT molecular complexity index is 377. The molecular formula is C10H15N3O3. The number of aromatic nitrogens is 2. The molecule has 0 radical (unpaired) electrons. The third-order valence-corrected chi connectivity index (χ3v) is 2.74. The third kappa shape index (κ3) is 2.38. The zero-order valence-corrected chi connectivity index (χ0v) is 9.47. The summed E-state index contributed by atoms with van der Waals surface area (Å²) in [6, 6.07) is 0. The van der Waals surface area contributed by atoms with Crippen molar-refractivity contribution in [3.05, 3.63) is 11.7 Å². The predicted molar refractivity (Wildman–Crippen MR) is 54.4 cm³/mol. The monoisotopic (exact) mass is 225 g/mol. The highest BCUT2D eigenvalue weighted by Gasteiger charge is 2.29. The van der Waals surface area contributed by atoms with E-state index in [1.165, 1.54) is 7.11 Å². The maximum atomic E-state index is 11.3. The summed E-state index contributed by atoms with van der Waals surface area (Å²) in [6.45, 7) is 3.97. The highest BCUT2D eigenvalue weighted by atomic mass is 16.5. The number of carbonyl (C=O) groups excluding carboxylic acids is 1. The van der Waals surface area contributed by atoms with Gasteiger partial charge in [0.2, 0.25) is 5.89 Å². The average Bonchev–Trinajstić information content (AvgIpc) is 2.87. The summed E-state index contributed by atoms with van der Waals surface area (Å²) in [5.74, 6) is 1.09. The van der Waals surface area contributed by atoms with Crippen LogP contribution in [0.2, 0.25) is 0 Å². The van der Waals surface area contributed by atoms with Gasteiger partial charge in [-0.05, 0) is 13.0 Å². The maximum absolute atomic E-state index is 11.3. The molecule has 0 bridgehead atoms. The molecule has 1 aliphatic rings. The minimum atomic E-state index is -0.133. The smallest absolute Gasteiger partial charge is 0.310 e. The van der Waals surface area contributed by atoms with Crippen LogP contribution in [-0.4, -0.2) is 41.2 Å². The number of hydrogen-bond donors (Lipinski definition) is 0. The van der Waals surface area contributed by atoms with Crippen LogP contribution in [0.5, 0.6) is 0 Å². The minimum absolute atomic E-state index is 0.0157. The van der Waals surface area contributed by atoms with Gasteiger partial charge in [0, 0.05) is 13.5 Å². The van der Waals surface area contributed by atoms with Gasteiger partial charge in [-0.25, -0.2) is 0 Å². The molecule has 0 saturated carbocycles. The Hall–Kier alpha value is -1.43. The van der Waals surface area contributed by atoms with E-state index in [9.17, 15) is 4.79 Å². The van der Waals surface area contributed by atoms with Crippen molar-refractivity contribution in [1.29, 1.82) is 0 Å². The largest absolute Gasteiger partial charge is 0.469 e. The summed E-state index contributed by atoms with van der Waals surface area (Å²) in [6.07, 6.45) is 0.837. The standard InChI is InChI=1S/C10H15N3O3/c1-7-11-9(12-16-7)6-13-4-3-8(5-13)10(14)15-2/h8H,3-6H2,1-2H3. The molecule has 0 spiro atoms. The van der Waals surface area contributed by atoms with Crippen LogP contribution in [0.25, 0.3) is 0 Å². The fourth-order valence-electron chi connectivity index (χ4n) is 1.94. The van der Waals surface area contributed by atoms with Crippen molar-refractivity contribution in [2.24, 2.45) is 5.92 Å². The quantitative estimate of drug-likeness (QED) is 0.692. The first-order valence-corrected chi connectivity index (χ1v) is 5.28. The van der Waals surface area contributed by atoms with Crippen LogP contribution in [0, 0.1) is 12.8 Å². The lowest BCUT2D eigenvalue weighted by atomic mass is 10.1. The molecule has 1 aliphatic heterocycles. The summed E-state index contributed by atoms with van der Waals surface area (Å²) >= 11 is 0. The summed E-state index contributed by atoms with van der Waals surface area (Å²) in [5.41, 5.74) is 0. The Morgan fingerprint density at radius 2 is 2.50 bits per heavy atom. The zero-order chi connectivity index (χ0) is 11.5. The number of hydrogen-bond acceptors (Lipinski definition) is 6. The van der Waals surface area contributed by atoms with Crippen molar-refractivity contribution in [3.63, 3.8) is 0 Å². The first kappa shape index (κ1) is 11.1. The molecule has 1 atom stereocenters. The number of aryl methyl sites for hydroxylation is 1. The van der Waals surface area contributed by atoms with Crippen molar-refractivity contribution in [1.82, 2.24) is 15.0 Å². The molecule has 0 aromatic carbocycles. The molecule has 0 aliphatic carbocycles. The Labute approximate surface area is 93.6 Å². The van der Waals surface area contributed by atoms with Crippen LogP contribution in [0.3, 0.4) is 0 Å². The molecule has 1 saturated heterocycles. The van der Waals surface area contributed by atoms with E-state index in [0.29, 0.717) is 24.8 Å². The van der Waals surface area contributed by atoms with Gasteiger partial charge < -0.3 is 9.26 Å². The van der Waals surface area contributed by atoms with E-state index in [2.05, 4.69) is 15.0 Å². The minimum Gasteiger partial charge on any atom is -0.469 e. The van der Waals surface area contributed by atoms with Gasteiger partial charge >= 0.3 is 5.97 Å². The van der Waals surface area contributed by atoms with E-state index in [4.69, 9.17) is 9.26 Å². The summed E-state index contributed by atoms with van der Waals surface area (Å²) in [5, 5.41) is 3.83. The van der Waals surface area contributed by atoms with Crippen LogP contribution >= 0.6 is 0 Å². The molecule has 1 aromatic heterocycles. The second kappa shape index (κ2) is 4.61. The molecule has 0 amide bonds. The van der Waals surface area contributed by atoms with Gasteiger partial charge in [-0.1, -0.05) is 5.16 Å².